The molecule has 1 fully saturated rings. The highest BCUT2D eigenvalue weighted by atomic mass is 28.4. The van der Waals surface area contributed by atoms with Crippen molar-refractivity contribution in [3.05, 3.63) is 77.6 Å². The molecule has 1 unspecified atom stereocenters. The Kier molecular flexibility index (Phi) is 9.27. The number of hydrogen-bond acceptors (Lipinski definition) is 6. The fourth-order valence-corrected chi connectivity index (χ4v) is 8.62. The number of carboxylic acid groups (broad SMARTS) is 1. The Bertz CT molecular complexity index is 1930. The Morgan fingerprint density at radius 2 is 1.73 bits per heavy atom. The van der Waals surface area contributed by atoms with Crippen molar-refractivity contribution in [3.63, 3.8) is 0 Å². The third-order valence-corrected chi connectivity index (χ3v) is 15.8. The Labute approximate surface area is 285 Å². The van der Waals surface area contributed by atoms with Gasteiger partial charge in [0.2, 0.25) is 0 Å². The summed E-state index contributed by atoms with van der Waals surface area (Å²) >= 11 is 0. The van der Waals surface area contributed by atoms with E-state index in [0.717, 1.165) is 57.9 Å². The summed E-state index contributed by atoms with van der Waals surface area (Å²) in [5.74, 6) is -0.651. The van der Waals surface area contributed by atoms with Crippen molar-refractivity contribution >= 4 is 44.3 Å². The van der Waals surface area contributed by atoms with Crippen LogP contribution in [0.25, 0.3) is 33.2 Å². The molecule has 0 radical (unpaired) electrons. The van der Waals surface area contributed by atoms with Crippen molar-refractivity contribution in [1.82, 2.24) is 24.5 Å². The molecule has 1 N–H and O–H groups in total. The number of aromatic carboxylic acids is 1. The highest BCUT2D eigenvalue weighted by Gasteiger charge is 2.38. The minimum absolute atomic E-state index is 0.0393. The number of carboxylic acids is 1. The first-order chi connectivity index (χ1) is 22.6. The Hall–Kier alpha value is -3.65. The molecular weight excluding hydrogens is 635 g/mol. The molecule has 0 saturated carbocycles. The van der Waals surface area contributed by atoms with Gasteiger partial charge in [0.05, 0.1) is 48.5 Å². The van der Waals surface area contributed by atoms with E-state index in [1.165, 1.54) is 5.56 Å². The molecule has 0 amide bonds. The fraction of sp³-hybridized carbons (Fsp3) is 0.459. The van der Waals surface area contributed by atoms with Gasteiger partial charge in [-0.15, -0.1) is 5.10 Å². The summed E-state index contributed by atoms with van der Waals surface area (Å²) in [6, 6.07) is 18.1. The number of carbonyl (C=O) groups is 1. The molecule has 0 spiro atoms. The van der Waals surface area contributed by atoms with E-state index in [0.29, 0.717) is 25.7 Å². The third-order valence-electron chi connectivity index (χ3n) is 10.1. The van der Waals surface area contributed by atoms with Crippen LogP contribution in [-0.2, 0) is 21.9 Å². The molecule has 4 heterocycles. The summed E-state index contributed by atoms with van der Waals surface area (Å²) in [7, 11) is -3.65. The molecule has 48 heavy (non-hydrogen) atoms. The van der Waals surface area contributed by atoms with Gasteiger partial charge in [0.15, 0.2) is 8.32 Å². The fourth-order valence-electron chi connectivity index (χ4n) is 6.57. The number of hydrogen-bond donors (Lipinski definition) is 1. The Balaban J connectivity index is 1.60. The number of fused-ring (bicyclic) bond motifs is 3. The maximum absolute atomic E-state index is 12.2. The van der Waals surface area contributed by atoms with Crippen molar-refractivity contribution in [1.29, 1.82) is 0 Å². The maximum Gasteiger partial charge on any atom is 0.335 e. The molecular formula is C37H49N5O4Si2. The van der Waals surface area contributed by atoms with Crippen molar-refractivity contribution in [2.45, 2.75) is 90.2 Å². The topological polar surface area (TPSA) is 104 Å². The lowest BCUT2D eigenvalue weighted by Crippen LogP contribution is -2.40. The predicted octanol–water partition coefficient (Wildman–Crippen LogP) is 8.56. The van der Waals surface area contributed by atoms with E-state index in [4.69, 9.17) is 24.5 Å². The summed E-state index contributed by atoms with van der Waals surface area (Å²) in [6.45, 7) is 20.1. The lowest BCUT2D eigenvalue weighted by Gasteiger charge is -2.36. The zero-order valence-electron chi connectivity index (χ0n) is 29.6. The molecule has 1 atom stereocenters. The standard InChI is InChI=1S/C37H49N5O4Si2/c1-37(2,3)48(7,8)46-23-30-35(41(40-39-30)24-47(4,5)6)28-21-32-33(38-22-28)29-15-14-27(36(43)44)20-31(29)42(32)34(25-12-10-9-11-13-25)26-16-18-45-19-17-26/h9-15,20-22,26,34H,16-19,23-24H2,1-8H3,(H,43,44). The van der Waals surface area contributed by atoms with Crippen molar-refractivity contribution in [3.8, 4) is 11.3 Å². The number of ether oxygens (including phenoxy) is 1. The van der Waals surface area contributed by atoms with E-state index in [9.17, 15) is 9.90 Å². The van der Waals surface area contributed by atoms with Gasteiger partial charge in [0.25, 0.3) is 0 Å². The normalized spacial score (nSPS) is 15.8. The first kappa shape index (κ1) is 34.2. The van der Waals surface area contributed by atoms with Gasteiger partial charge in [-0.05, 0) is 66.7 Å². The number of benzene rings is 2. The first-order valence-corrected chi connectivity index (χ1v) is 23.6. The molecule has 11 heteroatoms. The van der Waals surface area contributed by atoms with Crippen LogP contribution in [0, 0.1) is 5.92 Å². The highest BCUT2D eigenvalue weighted by Crippen LogP contribution is 2.42. The van der Waals surface area contributed by atoms with E-state index in [-0.39, 0.29) is 16.6 Å². The Morgan fingerprint density at radius 1 is 1.02 bits per heavy atom. The van der Waals surface area contributed by atoms with E-state index in [2.05, 4.69) is 93.1 Å². The quantitative estimate of drug-likeness (QED) is 0.147. The first-order valence-electron chi connectivity index (χ1n) is 17.0. The average Bonchev–Trinajstić information content (AvgIpc) is 3.57. The predicted molar refractivity (Wildman–Crippen MR) is 197 cm³/mol. The van der Waals surface area contributed by atoms with Crippen molar-refractivity contribution < 1.29 is 19.1 Å². The molecule has 2 aromatic carbocycles. The molecule has 6 rings (SSSR count). The maximum atomic E-state index is 12.2. The second-order valence-electron chi connectivity index (χ2n) is 16.0. The molecule has 9 nitrogen and oxygen atoms in total. The summed E-state index contributed by atoms with van der Waals surface area (Å²) in [5, 5.41) is 20.4. The van der Waals surface area contributed by atoms with Crippen LogP contribution in [-0.4, -0.2) is 65.2 Å². The van der Waals surface area contributed by atoms with Crippen LogP contribution >= 0.6 is 0 Å². The minimum Gasteiger partial charge on any atom is -0.478 e. The van der Waals surface area contributed by atoms with E-state index < -0.39 is 22.4 Å². The van der Waals surface area contributed by atoms with Crippen molar-refractivity contribution in [2.75, 3.05) is 13.2 Å². The van der Waals surface area contributed by atoms with Crippen LogP contribution in [0.15, 0.2) is 60.8 Å². The van der Waals surface area contributed by atoms with Crippen LogP contribution < -0.4 is 0 Å². The third kappa shape index (κ3) is 6.78. The van der Waals surface area contributed by atoms with Gasteiger partial charge in [-0.25, -0.2) is 9.48 Å². The second kappa shape index (κ2) is 13.0. The smallest absolute Gasteiger partial charge is 0.335 e. The molecule has 1 aliphatic heterocycles. The molecule has 1 saturated heterocycles. The van der Waals surface area contributed by atoms with Gasteiger partial charge in [0.1, 0.15) is 5.69 Å². The molecule has 1 aliphatic rings. The SMILES string of the molecule is CC(C)(C)[Si](C)(C)OCc1nnn(C[Si](C)(C)C)c1-c1cnc2c3ccc(C(=O)O)cc3n(C(c3ccccc3)C3CCOCC3)c2c1. The van der Waals surface area contributed by atoms with Crippen LogP contribution in [0.3, 0.4) is 0 Å². The zero-order valence-corrected chi connectivity index (χ0v) is 31.6. The lowest BCUT2D eigenvalue weighted by molar-refractivity contribution is 0.0553. The van der Waals surface area contributed by atoms with Crippen LogP contribution in [0.5, 0.6) is 0 Å². The molecule has 0 aliphatic carbocycles. The molecule has 3 aromatic heterocycles. The van der Waals surface area contributed by atoms with Crippen molar-refractivity contribution in [2.24, 2.45) is 5.92 Å². The minimum atomic E-state index is -2.06. The van der Waals surface area contributed by atoms with Crippen LogP contribution in [0.2, 0.25) is 37.8 Å². The van der Waals surface area contributed by atoms with E-state index in [1.54, 1.807) is 6.07 Å². The summed E-state index contributed by atoms with van der Waals surface area (Å²) in [5.41, 5.74) is 6.81. The largest absolute Gasteiger partial charge is 0.478 e. The monoisotopic (exact) mass is 683 g/mol. The molecule has 0 bridgehead atoms. The Morgan fingerprint density at radius 3 is 2.38 bits per heavy atom. The summed E-state index contributed by atoms with van der Waals surface area (Å²) in [4.78, 5) is 17.4. The van der Waals surface area contributed by atoms with Gasteiger partial charge in [-0.2, -0.15) is 0 Å². The lowest BCUT2D eigenvalue weighted by atomic mass is 9.86. The number of nitrogens with zero attached hydrogens (tertiary/aromatic N) is 5. The van der Waals surface area contributed by atoms with Gasteiger partial charge in [-0.3, -0.25) is 4.98 Å². The summed E-state index contributed by atoms with van der Waals surface area (Å²) in [6.07, 6.45) is 4.56. The van der Waals surface area contributed by atoms with Gasteiger partial charge in [0, 0.05) is 36.5 Å². The van der Waals surface area contributed by atoms with E-state index >= 15 is 0 Å². The molecule has 254 valence electrons. The zero-order chi connectivity index (χ0) is 34.4. The van der Waals surface area contributed by atoms with Crippen LogP contribution in [0.1, 0.15) is 61.3 Å². The average molecular weight is 684 g/mol. The van der Waals surface area contributed by atoms with Gasteiger partial charge < -0.3 is 18.8 Å². The second-order valence-corrected chi connectivity index (χ2v) is 26.2. The molecule has 5 aromatic rings. The van der Waals surface area contributed by atoms with E-state index in [1.807, 2.05) is 24.4 Å². The number of pyridine rings is 1. The van der Waals surface area contributed by atoms with Gasteiger partial charge >= 0.3 is 5.97 Å². The highest BCUT2D eigenvalue weighted by molar-refractivity contribution is 6.75. The number of aromatic nitrogens is 5. The van der Waals surface area contributed by atoms with Gasteiger partial charge in [-0.1, -0.05) is 76.0 Å². The van der Waals surface area contributed by atoms with Crippen LogP contribution in [0.4, 0.5) is 0 Å². The number of rotatable bonds is 10. The summed E-state index contributed by atoms with van der Waals surface area (Å²) < 4.78 is 16.9.